The Balaban J connectivity index is 3.05. The van der Waals surface area contributed by atoms with Crippen molar-refractivity contribution in [2.45, 2.75) is 25.1 Å². The van der Waals surface area contributed by atoms with E-state index >= 15 is 0 Å². The molecule has 0 saturated carbocycles. The summed E-state index contributed by atoms with van der Waals surface area (Å²) in [6.45, 7) is 4.38. The van der Waals surface area contributed by atoms with Crippen molar-refractivity contribution in [3.63, 3.8) is 0 Å². The third-order valence-corrected chi connectivity index (χ3v) is 4.26. The smallest absolute Gasteiger partial charge is 0.123 e. The lowest BCUT2D eigenvalue weighted by atomic mass is 9.98. The van der Waals surface area contributed by atoms with Crippen LogP contribution in [0.15, 0.2) is 18.2 Å². The third-order valence-electron chi connectivity index (χ3n) is 2.63. The molecule has 0 amide bonds. The molecule has 3 heteroatoms. The Hall–Kier alpha value is -0.210. The first-order valence-corrected chi connectivity index (χ1v) is 6.37. The van der Waals surface area contributed by atoms with Crippen molar-refractivity contribution in [3.8, 4) is 5.75 Å². The molecule has 0 aliphatic rings. The van der Waals surface area contributed by atoms with Crippen molar-refractivity contribution >= 4 is 27.5 Å². The van der Waals surface area contributed by atoms with Crippen molar-refractivity contribution in [1.82, 2.24) is 0 Å². The van der Waals surface area contributed by atoms with Crippen LogP contribution in [0.3, 0.4) is 0 Å². The molecule has 0 N–H and O–H groups in total. The predicted octanol–water partition coefficient (Wildman–Crippen LogP) is 4.83. The zero-order chi connectivity index (χ0) is 11.4. The molecular formula is C12H16BrClO. The van der Waals surface area contributed by atoms with Crippen molar-refractivity contribution < 1.29 is 4.74 Å². The fourth-order valence-electron chi connectivity index (χ4n) is 1.43. The Kier molecular flexibility index (Phi) is 4.94. The maximum atomic E-state index is 5.99. The SMILES string of the molecule is CCC(C)C(Br)c1cc(Cl)ccc1OC. The molecule has 0 radical (unpaired) electrons. The average molecular weight is 292 g/mol. The molecule has 1 aromatic carbocycles. The molecule has 1 aromatic rings. The lowest BCUT2D eigenvalue weighted by molar-refractivity contribution is 0.404. The average Bonchev–Trinajstić information content (AvgIpc) is 2.27. The molecule has 2 atom stereocenters. The van der Waals surface area contributed by atoms with Crippen LogP contribution in [0.25, 0.3) is 0 Å². The van der Waals surface area contributed by atoms with E-state index in [0.29, 0.717) is 5.92 Å². The first-order valence-electron chi connectivity index (χ1n) is 5.07. The summed E-state index contributed by atoms with van der Waals surface area (Å²) in [5, 5.41) is 0.749. The number of methoxy groups -OCH3 is 1. The van der Waals surface area contributed by atoms with Crippen LogP contribution in [0.5, 0.6) is 5.75 Å². The highest BCUT2D eigenvalue weighted by atomic mass is 79.9. The maximum Gasteiger partial charge on any atom is 0.123 e. The van der Waals surface area contributed by atoms with Gasteiger partial charge < -0.3 is 4.74 Å². The fourth-order valence-corrected chi connectivity index (χ4v) is 2.35. The molecule has 84 valence electrons. The number of ether oxygens (including phenoxy) is 1. The Labute approximate surface area is 105 Å². The van der Waals surface area contributed by atoms with E-state index in [1.54, 1.807) is 7.11 Å². The van der Waals surface area contributed by atoms with Gasteiger partial charge in [-0.25, -0.2) is 0 Å². The monoisotopic (exact) mass is 290 g/mol. The molecule has 2 unspecified atom stereocenters. The van der Waals surface area contributed by atoms with Crippen LogP contribution in [0, 0.1) is 5.92 Å². The van der Waals surface area contributed by atoms with Gasteiger partial charge in [0.2, 0.25) is 0 Å². The zero-order valence-electron chi connectivity index (χ0n) is 9.26. The van der Waals surface area contributed by atoms with E-state index in [1.807, 2.05) is 18.2 Å². The van der Waals surface area contributed by atoms with Crippen molar-refractivity contribution in [1.29, 1.82) is 0 Å². The summed E-state index contributed by atoms with van der Waals surface area (Å²) in [6, 6.07) is 5.72. The van der Waals surface area contributed by atoms with Gasteiger partial charge in [-0.3, -0.25) is 0 Å². The quantitative estimate of drug-likeness (QED) is 0.722. The molecule has 0 spiro atoms. The highest BCUT2D eigenvalue weighted by molar-refractivity contribution is 9.09. The minimum Gasteiger partial charge on any atom is -0.496 e. The summed E-state index contributed by atoms with van der Waals surface area (Å²) in [6.07, 6.45) is 1.12. The molecule has 0 heterocycles. The van der Waals surface area contributed by atoms with Gasteiger partial charge in [0.1, 0.15) is 5.75 Å². The van der Waals surface area contributed by atoms with Gasteiger partial charge in [-0.1, -0.05) is 47.8 Å². The number of hydrogen-bond donors (Lipinski definition) is 0. The summed E-state index contributed by atoms with van der Waals surface area (Å²) in [7, 11) is 1.68. The van der Waals surface area contributed by atoms with Crippen LogP contribution in [0.2, 0.25) is 5.02 Å². The van der Waals surface area contributed by atoms with Crippen LogP contribution in [0.1, 0.15) is 30.7 Å². The van der Waals surface area contributed by atoms with E-state index in [1.165, 1.54) is 0 Å². The topological polar surface area (TPSA) is 9.23 Å². The minimum atomic E-state index is 0.288. The van der Waals surface area contributed by atoms with Crippen LogP contribution in [-0.2, 0) is 0 Å². The van der Waals surface area contributed by atoms with Gasteiger partial charge in [-0.15, -0.1) is 0 Å². The van der Waals surface area contributed by atoms with Crippen molar-refractivity contribution in [2.24, 2.45) is 5.92 Å². The van der Waals surface area contributed by atoms with Gasteiger partial charge >= 0.3 is 0 Å². The second kappa shape index (κ2) is 5.76. The van der Waals surface area contributed by atoms with Gasteiger partial charge in [-0.2, -0.15) is 0 Å². The number of benzene rings is 1. The molecule has 0 aliphatic heterocycles. The highest BCUT2D eigenvalue weighted by Crippen LogP contribution is 2.39. The van der Waals surface area contributed by atoms with Gasteiger partial charge in [0.25, 0.3) is 0 Å². The number of rotatable bonds is 4. The van der Waals surface area contributed by atoms with Crippen molar-refractivity contribution in [3.05, 3.63) is 28.8 Å². The summed E-state index contributed by atoms with van der Waals surface area (Å²) < 4.78 is 5.33. The molecular weight excluding hydrogens is 275 g/mol. The third kappa shape index (κ3) is 3.12. The molecule has 0 aromatic heterocycles. The van der Waals surface area contributed by atoms with Crippen molar-refractivity contribution in [2.75, 3.05) is 7.11 Å². The largest absolute Gasteiger partial charge is 0.496 e. The van der Waals surface area contributed by atoms with E-state index in [2.05, 4.69) is 29.8 Å². The van der Waals surface area contributed by atoms with Crippen LogP contribution >= 0.6 is 27.5 Å². The molecule has 0 aliphatic carbocycles. The Morgan fingerprint density at radius 2 is 2.13 bits per heavy atom. The van der Waals surface area contributed by atoms with E-state index in [9.17, 15) is 0 Å². The molecule has 1 rings (SSSR count). The number of hydrogen-bond acceptors (Lipinski definition) is 1. The summed E-state index contributed by atoms with van der Waals surface area (Å²) in [4.78, 5) is 0.288. The lowest BCUT2D eigenvalue weighted by Crippen LogP contribution is -2.04. The van der Waals surface area contributed by atoms with Crippen LogP contribution in [-0.4, -0.2) is 7.11 Å². The highest BCUT2D eigenvalue weighted by Gasteiger charge is 2.18. The van der Waals surface area contributed by atoms with Gasteiger partial charge in [0.05, 0.1) is 7.11 Å². The van der Waals surface area contributed by atoms with E-state index in [-0.39, 0.29) is 4.83 Å². The van der Waals surface area contributed by atoms with Gasteiger partial charge in [-0.05, 0) is 24.1 Å². The Bertz CT molecular complexity index is 327. The van der Waals surface area contributed by atoms with E-state index in [4.69, 9.17) is 16.3 Å². The maximum absolute atomic E-state index is 5.99. The summed E-state index contributed by atoms with van der Waals surface area (Å²) in [5.74, 6) is 1.44. The predicted molar refractivity (Wildman–Crippen MR) is 69.1 cm³/mol. The second-order valence-electron chi connectivity index (χ2n) is 3.67. The summed E-state index contributed by atoms with van der Waals surface area (Å²) >= 11 is 9.69. The van der Waals surface area contributed by atoms with E-state index in [0.717, 1.165) is 22.8 Å². The van der Waals surface area contributed by atoms with Gasteiger partial charge in [0.15, 0.2) is 0 Å². The minimum absolute atomic E-state index is 0.288. The Morgan fingerprint density at radius 3 is 2.67 bits per heavy atom. The molecule has 0 fully saturated rings. The number of halogens is 2. The second-order valence-corrected chi connectivity index (χ2v) is 5.10. The first-order chi connectivity index (χ1) is 7.10. The van der Waals surface area contributed by atoms with Crippen LogP contribution in [0.4, 0.5) is 0 Å². The first kappa shape index (κ1) is 12.9. The fraction of sp³-hybridized carbons (Fsp3) is 0.500. The van der Waals surface area contributed by atoms with Gasteiger partial charge in [0, 0.05) is 15.4 Å². The lowest BCUT2D eigenvalue weighted by Gasteiger charge is -2.19. The normalized spacial score (nSPS) is 14.7. The molecule has 0 saturated heterocycles. The summed E-state index contributed by atoms with van der Waals surface area (Å²) in [5.41, 5.74) is 1.12. The molecule has 15 heavy (non-hydrogen) atoms. The Morgan fingerprint density at radius 1 is 1.47 bits per heavy atom. The molecule has 1 nitrogen and oxygen atoms in total. The number of alkyl halides is 1. The van der Waals surface area contributed by atoms with E-state index < -0.39 is 0 Å². The standard InChI is InChI=1S/C12H16BrClO/c1-4-8(2)12(13)10-7-9(14)5-6-11(10)15-3/h5-8,12H,4H2,1-3H3. The zero-order valence-corrected chi connectivity index (χ0v) is 11.6. The van der Waals surface area contributed by atoms with Crippen LogP contribution < -0.4 is 4.74 Å². The molecule has 0 bridgehead atoms.